The van der Waals surface area contributed by atoms with E-state index in [0.717, 1.165) is 17.7 Å². The second-order valence-corrected chi connectivity index (χ2v) is 6.10. The van der Waals surface area contributed by atoms with Crippen LogP contribution in [0.25, 0.3) is 28.0 Å². The van der Waals surface area contributed by atoms with Crippen molar-refractivity contribution in [1.82, 2.24) is 14.5 Å². The van der Waals surface area contributed by atoms with Crippen molar-refractivity contribution in [2.24, 2.45) is 0 Å². The van der Waals surface area contributed by atoms with Crippen LogP contribution in [0.1, 0.15) is 5.56 Å². The highest BCUT2D eigenvalue weighted by Crippen LogP contribution is 2.32. The van der Waals surface area contributed by atoms with Gasteiger partial charge in [0.2, 0.25) is 0 Å². The van der Waals surface area contributed by atoms with E-state index in [9.17, 15) is 13.2 Å². The number of fused-ring (bicyclic) bond motifs is 1. The Balaban J connectivity index is 1.77. The zero-order chi connectivity index (χ0) is 18.3. The van der Waals surface area contributed by atoms with Crippen LogP contribution in [0.4, 0.5) is 13.2 Å². The Kier molecular flexibility index (Phi) is 3.92. The second kappa shape index (κ2) is 6.14. The third-order valence-electron chi connectivity index (χ3n) is 4.05. The van der Waals surface area contributed by atoms with Gasteiger partial charge >= 0.3 is 6.18 Å². The molecule has 0 saturated carbocycles. The van der Waals surface area contributed by atoms with Crippen molar-refractivity contribution in [3.63, 3.8) is 0 Å². The van der Waals surface area contributed by atoms with Gasteiger partial charge in [0.1, 0.15) is 6.33 Å². The third-order valence-corrected chi connectivity index (χ3v) is 4.36. The van der Waals surface area contributed by atoms with E-state index in [1.165, 1.54) is 12.4 Å². The number of pyridine rings is 1. The smallest absolute Gasteiger partial charge is 0.299 e. The van der Waals surface area contributed by atoms with Crippen molar-refractivity contribution < 1.29 is 13.2 Å². The van der Waals surface area contributed by atoms with Crippen molar-refractivity contribution in [3.8, 4) is 16.9 Å². The van der Waals surface area contributed by atoms with Gasteiger partial charge in [0.05, 0.1) is 27.3 Å². The normalized spacial score (nSPS) is 11.8. The van der Waals surface area contributed by atoms with Crippen LogP contribution in [0.2, 0.25) is 5.02 Å². The lowest BCUT2D eigenvalue weighted by Gasteiger charge is -2.09. The Labute approximate surface area is 151 Å². The Morgan fingerprint density at radius 2 is 1.69 bits per heavy atom. The number of benzene rings is 2. The van der Waals surface area contributed by atoms with Gasteiger partial charge in [0, 0.05) is 17.4 Å². The van der Waals surface area contributed by atoms with Crippen LogP contribution < -0.4 is 0 Å². The number of nitrogens with zero attached hydrogens (tertiary/aromatic N) is 3. The van der Waals surface area contributed by atoms with Crippen LogP contribution >= 0.6 is 11.6 Å². The first-order valence-electron chi connectivity index (χ1n) is 7.69. The molecule has 4 rings (SSSR count). The van der Waals surface area contributed by atoms with E-state index in [1.54, 1.807) is 35.0 Å². The first-order chi connectivity index (χ1) is 12.4. The van der Waals surface area contributed by atoms with Gasteiger partial charge in [0.15, 0.2) is 0 Å². The van der Waals surface area contributed by atoms with Gasteiger partial charge in [-0.15, -0.1) is 0 Å². The summed E-state index contributed by atoms with van der Waals surface area (Å²) in [6.45, 7) is 0. The van der Waals surface area contributed by atoms with Crippen molar-refractivity contribution in [2.75, 3.05) is 0 Å². The molecule has 0 amide bonds. The minimum Gasteiger partial charge on any atom is -0.299 e. The summed E-state index contributed by atoms with van der Waals surface area (Å²) in [6, 6.07) is 14.2. The summed E-state index contributed by atoms with van der Waals surface area (Å²) >= 11 is 6.15. The largest absolute Gasteiger partial charge is 0.416 e. The fourth-order valence-corrected chi connectivity index (χ4v) is 3.00. The highest BCUT2D eigenvalue weighted by Gasteiger charge is 2.30. The first-order valence-corrected chi connectivity index (χ1v) is 8.07. The summed E-state index contributed by atoms with van der Waals surface area (Å²) < 4.78 is 40.6. The maximum Gasteiger partial charge on any atom is 0.416 e. The molecule has 3 nitrogen and oxygen atoms in total. The molecule has 4 aromatic rings. The van der Waals surface area contributed by atoms with Gasteiger partial charge < -0.3 is 0 Å². The molecule has 130 valence electrons. The lowest BCUT2D eigenvalue weighted by Crippen LogP contribution is -2.04. The van der Waals surface area contributed by atoms with Gasteiger partial charge in [0.25, 0.3) is 0 Å². The molecule has 0 radical (unpaired) electrons. The first kappa shape index (κ1) is 16.6. The highest BCUT2D eigenvalue weighted by atomic mass is 35.5. The number of hydrogen-bond acceptors (Lipinski definition) is 2. The fourth-order valence-electron chi connectivity index (χ4n) is 2.77. The molecule has 0 unspecified atom stereocenters. The molecule has 0 N–H and O–H groups in total. The summed E-state index contributed by atoms with van der Waals surface area (Å²) in [5.74, 6) is 0. The zero-order valence-corrected chi connectivity index (χ0v) is 14.0. The molecule has 0 aliphatic rings. The Hall–Kier alpha value is -2.86. The maximum atomic E-state index is 13.0. The number of hydrogen-bond donors (Lipinski definition) is 0. The minimum atomic E-state index is -4.40. The molecular weight excluding hydrogens is 363 g/mol. The van der Waals surface area contributed by atoms with Gasteiger partial charge in [-0.1, -0.05) is 23.7 Å². The van der Waals surface area contributed by atoms with Gasteiger partial charge in [-0.3, -0.25) is 9.55 Å². The van der Waals surface area contributed by atoms with Crippen molar-refractivity contribution in [2.45, 2.75) is 6.18 Å². The molecule has 0 saturated heterocycles. The molecule has 0 aliphatic carbocycles. The standard InChI is InChI=1S/C19H11ClF3N3/c20-15-2-1-9-24-18(15)12-3-6-14(7-4-12)26-11-25-16-8-5-13(10-17(16)26)19(21,22)23/h1-11H. The average molecular weight is 374 g/mol. The van der Waals surface area contributed by atoms with Crippen LogP contribution in [-0.2, 0) is 6.18 Å². The number of aromatic nitrogens is 3. The number of halogens is 4. The molecule has 2 heterocycles. The topological polar surface area (TPSA) is 30.7 Å². The van der Waals surface area contributed by atoms with E-state index in [4.69, 9.17) is 11.6 Å². The van der Waals surface area contributed by atoms with Crippen molar-refractivity contribution >= 4 is 22.6 Å². The summed E-state index contributed by atoms with van der Waals surface area (Å²) in [5, 5.41) is 0.531. The SMILES string of the molecule is FC(F)(F)c1ccc2ncn(-c3ccc(-c4ncccc4Cl)cc3)c2c1. The molecule has 0 atom stereocenters. The minimum absolute atomic E-state index is 0.392. The molecule has 0 aliphatic heterocycles. The molecule has 0 fully saturated rings. The number of alkyl halides is 3. The van der Waals surface area contributed by atoms with Crippen molar-refractivity contribution in [3.05, 3.63) is 77.7 Å². The average Bonchev–Trinajstić information content (AvgIpc) is 3.05. The molecule has 2 aromatic heterocycles. The van der Waals surface area contributed by atoms with Crippen LogP contribution in [0, 0.1) is 0 Å². The summed E-state index contributed by atoms with van der Waals surface area (Å²) in [5.41, 5.74) is 2.35. The Morgan fingerprint density at radius 3 is 2.38 bits per heavy atom. The van der Waals surface area contributed by atoms with Crippen LogP contribution in [0.5, 0.6) is 0 Å². The fraction of sp³-hybridized carbons (Fsp3) is 0.0526. The predicted molar refractivity (Wildman–Crippen MR) is 94.3 cm³/mol. The van der Waals surface area contributed by atoms with Crippen molar-refractivity contribution in [1.29, 1.82) is 0 Å². The molecular formula is C19H11ClF3N3. The van der Waals surface area contributed by atoms with Crippen LogP contribution in [0.15, 0.2) is 67.1 Å². The summed E-state index contributed by atoms with van der Waals surface area (Å²) in [7, 11) is 0. The monoisotopic (exact) mass is 373 g/mol. The Morgan fingerprint density at radius 1 is 0.923 bits per heavy atom. The molecule has 2 aromatic carbocycles. The van der Waals surface area contributed by atoms with E-state index in [-0.39, 0.29) is 0 Å². The van der Waals surface area contributed by atoms with E-state index in [2.05, 4.69) is 9.97 Å². The predicted octanol–water partition coefficient (Wildman–Crippen LogP) is 5.76. The molecule has 7 heteroatoms. The van der Waals surface area contributed by atoms with Gasteiger partial charge in [-0.2, -0.15) is 13.2 Å². The van der Waals surface area contributed by atoms with E-state index in [0.29, 0.717) is 27.4 Å². The summed E-state index contributed by atoms with van der Waals surface area (Å²) in [6.07, 6.45) is -1.24. The molecule has 26 heavy (non-hydrogen) atoms. The van der Waals surface area contributed by atoms with E-state index in [1.807, 2.05) is 12.1 Å². The maximum absolute atomic E-state index is 13.0. The lowest BCUT2D eigenvalue weighted by atomic mass is 10.1. The van der Waals surface area contributed by atoms with Gasteiger partial charge in [-0.05, 0) is 42.5 Å². The zero-order valence-electron chi connectivity index (χ0n) is 13.2. The van der Waals surface area contributed by atoms with Crippen LogP contribution in [0.3, 0.4) is 0 Å². The molecule has 0 spiro atoms. The van der Waals surface area contributed by atoms with Gasteiger partial charge in [-0.25, -0.2) is 4.98 Å². The number of imidazole rings is 1. The summed E-state index contributed by atoms with van der Waals surface area (Å²) in [4.78, 5) is 8.43. The lowest BCUT2D eigenvalue weighted by molar-refractivity contribution is -0.137. The highest BCUT2D eigenvalue weighted by molar-refractivity contribution is 6.33. The van der Waals surface area contributed by atoms with E-state index >= 15 is 0 Å². The molecule has 0 bridgehead atoms. The number of rotatable bonds is 2. The Bertz CT molecular complexity index is 1090. The van der Waals surface area contributed by atoms with E-state index < -0.39 is 11.7 Å². The second-order valence-electron chi connectivity index (χ2n) is 5.70. The van der Waals surface area contributed by atoms with Crippen LogP contribution in [-0.4, -0.2) is 14.5 Å². The quantitative estimate of drug-likeness (QED) is 0.447. The third kappa shape index (κ3) is 2.93.